The monoisotopic (exact) mass is 620 g/mol. The van der Waals surface area contributed by atoms with Gasteiger partial charge in [0.15, 0.2) is 17.5 Å². The molecule has 4 atom stereocenters. The third-order valence-electron chi connectivity index (χ3n) is 7.58. The standard InChI is InChI=1S/C32H32N2O11/c1-16-22(42-30-25(37)27(44-31(33)40)21(15-35)32(2,3)45-30)13-12-20-24(36)23(29(39)43-26(16)20)34-28(38)17-8-7-11-19(14-17)41-18-9-5-4-6-10-18/h4-14,21,25,27,30,35-37H,15H2,1-3H3,(H2,33,40)(H,34,38)/t21-,25-,27-,30-/m1/s1. The van der Waals surface area contributed by atoms with Gasteiger partial charge in [-0.3, -0.25) is 4.79 Å². The number of fused-ring (bicyclic) bond motifs is 1. The van der Waals surface area contributed by atoms with E-state index in [9.17, 15) is 29.7 Å². The van der Waals surface area contributed by atoms with Crippen LogP contribution in [0.5, 0.6) is 23.0 Å². The molecular weight excluding hydrogens is 588 g/mol. The molecule has 5 rings (SSSR count). The highest BCUT2D eigenvalue weighted by Crippen LogP contribution is 2.39. The maximum absolute atomic E-state index is 13.1. The van der Waals surface area contributed by atoms with Crippen molar-refractivity contribution >= 4 is 28.7 Å². The number of hydrogen-bond donors (Lipinski definition) is 5. The van der Waals surface area contributed by atoms with Crippen LogP contribution in [0.15, 0.2) is 75.9 Å². The molecule has 1 aromatic heterocycles. The van der Waals surface area contributed by atoms with Crippen molar-refractivity contribution in [3.8, 4) is 23.0 Å². The highest BCUT2D eigenvalue weighted by atomic mass is 16.7. The van der Waals surface area contributed by atoms with Crippen molar-refractivity contribution < 1.29 is 48.3 Å². The first-order valence-electron chi connectivity index (χ1n) is 13.9. The summed E-state index contributed by atoms with van der Waals surface area (Å²) in [4.78, 5) is 37.5. The molecule has 1 saturated heterocycles. The van der Waals surface area contributed by atoms with Crippen LogP contribution in [0.4, 0.5) is 10.5 Å². The lowest BCUT2D eigenvalue weighted by Crippen LogP contribution is -2.62. The summed E-state index contributed by atoms with van der Waals surface area (Å²) in [5.74, 6) is -0.967. The summed E-state index contributed by atoms with van der Waals surface area (Å²) >= 11 is 0. The van der Waals surface area contributed by atoms with E-state index in [1.165, 1.54) is 24.3 Å². The number of amides is 2. The highest BCUT2D eigenvalue weighted by Gasteiger charge is 2.52. The predicted molar refractivity (Wildman–Crippen MR) is 160 cm³/mol. The Balaban J connectivity index is 1.39. The number of nitrogens with one attached hydrogen (secondary N) is 1. The normalized spacial score (nSPS) is 20.7. The molecule has 45 heavy (non-hydrogen) atoms. The number of benzene rings is 3. The van der Waals surface area contributed by atoms with Gasteiger partial charge in [-0.05, 0) is 63.2 Å². The molecule has 4 aromatic rings. The van der Waals surface area contributed by atoms with E-state index in [4.69, 9.17) is 29.1 Å². The highest BCUT2D eigenvalue weighted by molar-refractivity contribution is 6.06. The predicted octanol–water partition coefficient (Wildman–Crippen LogP) is 3.80. The average Bonchev–Trinajstić information content (AvgIpc) is 2.99. The van der Waals surface area contributed by atoms with Crippen LogP contribution in [0.1, 0.15) is 29.8 Å². The number of hydrogen-bond acceptors (Lipinski definition) is 11. The molecule has 13 nitrogen and oxygen atoms in total. The van der Waals surface area contributed by atoms with Gasteiger partial charge in [-0.15, -0.1) is 0 Å². The summed E-state index contributed by atoms with van der Waals surface area (Å²) in [7, 11) is 0. The number of anilines is 1. The summed E-state index contributed by atoms with van der Waals surface area (Å²) in [6.45, 7) is 4.32. The molecule has 0 saturated carbocycles. The molecule has 2 heterocycles. The number of rotatable bonds is 8. The van der Waals surface area contributed by atoms with Crippen molar-refractivity contribution in [2.75, 3.05) is 11.9 Å². The Morgan fingerprint density at radius 2 is 1.76 bits per heavy atom. The minimum Gasteiger partial charge on any atom is -0.505 e. The Labute approximate surface area is 256 Å². The van der Waals surface area contributed by atoms with Gasteiger partial charge in [0.1, 0.15) is 28.9 Å². The number of aryl methyl sites for hydroxylation is 1. The molecule has 1 fully saturated rings. The van der Waals surface area contributed by atoms with Crippen molar-refractivity contribution in [3.63, 3.8) is 0 Å². The number of aliphatic hydroxyl groups is 2. The van der Waals surface area contributed by atoms with Gasteiger partial charge in [0.25, 0.3) is 5.91 Å². The second-order valence-corrected chi connectivity index (χ2v) is 11.0. The second kappa shape index (κ2) is 12.5. The topological polar surface area (TPSA) is 200 Å². The van der Waals surface area contributed by atoms with Crippen molar-refractivity contribution in [3.05, 3.63) is 88.3 Å². The summed E-state index contributed by atoms with van der Waals surface area (Å²) in [5.41, 5.74) is 2.95. The number of carbonyl (C=O) groups excluding carboxylic acids is 2. The van der Waals surface area contributed by atoms with E-state index in [1.54, 1.807) is 45.0 Å². The molecule has 1 aliphatic rings. The summed E-state index contributed by atoms with van der Waals surface area (Å²) < 4.78 is 28.2. The Morgan fingerprint density at radius 1 is 1.04 bits per heavy atom. The molecule has 6 N–H and O–H groups in total. The molecular formula is C32H32N2O11. The molecule has 3 aromatic carbocycles. The zero-order valence-electron chi connectivity index (χ0n) is 24.6. The quantitative estimate of drug-likeness (QED) is 0.179. The number of primary amides is 1. The minimum absolute atomic E-state index is 0.0472. The molecule has 0 spiro atoms. The number of aromatic hydroxyl groups is 1. The molecule has 13 heteroatoms. The van der Waals surface area contributed by atoms with Gasteiger partial charge in [-0.25, -0.2) is 9.59 Å². The smallest absolute Gasteiger partial charge is 0.404 e. The first kappa shape index (κ1) is 31.3. The third kappa shape index (κ3) is 6.41. The van der Waals surface area contributed by atoms with Gasteiger partial charge in [0.05, 0.1) is 23.5 Å². The van der Waals surface area contributed by atoms with Crippen LogP contribution in [0.3, 0.4) is 0 Å². The van der Waals surface area contributed by atoms with Crippen LogP contribution in [0, 0.1) is 12.8 Å². The molecule has 0 radical (unpaired) electrons. The van der Waals surface area contributed by atoms with E-state index in [2.05, 4.69) is 5.32 Å². The molecule has 2 amide bonds. The zero-order valence-corrected chi connectivity index (χ0v) is 24.6. The van der Waals surface area contributed by atoms with E-state index in [0.717, 1.165) is 0 Å². The molecule has 0 aliphatic carbocycles. The molecule has 0 unspecified atom stereocenters. The van der Waals surface area contributed by atoms with Crippen molar-refractivity contribution in [1.29, 1.82) is 0 Å². The minimum atomic E-state index is -1.55. The Hall–Kier alpha value is -5.11. The van der Waals surface area contributed by atoms with Crippen LogP contribution in [-0.4, -0.2) is 58.0 Å². The molecule has 0 bridgehead atoms. The summed E-state index contributed by atoms with van der Waals surface area (Å²) in [6, 6.07) is 18.1. The van der Waals surface area contributed by atoms with E-state index in [1.807, 2.05) is 18.2 Å². The van der Waals surface area contributed by atoms with Gasteiger partial charge >= 0.3 is 11.7 Å². The van der Waals surface area contributed by atoms with Gasteiger partial charge in [-0.1, -0.05) is 24.3 Å². The van der Waals surface area contributed by atoms with Crippen LogP contribution >= 0.6 is 0 Å². The Kier molecular flexibility index (Phi) is 8.68. The average molecular weight is 621 g/mol. The largest absolute Gasteiger partial charge is 0.505 e. The van der Waals surface area contributed by atoms with E-state index in [-0.39, 0.29) is 27.8 Å². The van der Waals surface area contributed by atoms with E-state index in [0.29, 0.717) is 11.5 Å². The van der Waals surface area contributed by atoms with Gasteiger partial charge in [0, 0.05) is 11.1 Å². The zero-order chi connectivity index (χ0) is 32.5. The second-order valence-electron chi connectivity index (χ2n) is 11.0. The number of aliphatic hydroxyl groups excluding tert-OH is 2. The van der Waals surface area contributed by atoms with Gasteiger partial charge in [-0.2, -0.15) is 0 Å². The first-order valence-corrected chi connectivity index (χ1v) is 13.9. The van der Waals surface area contributed by atoms with Crippen molar-refractivity contribution in [2.24, 2.45) is 11.7 Å². The fourth-order valence-electron chi connectivity index (χ4n) is 5.19. The first-order chi connectivity index (χ1) is 21.4. The van der Waals surface area contributed by atoms with Crippen LogP contribution in [0.2, 0.25) is 0 Å². The van der Waals surface area contributed by atoms with E-state index >= 15 is 0 Å². The summed E-state index contributed by atoms with van der Waals surface area (Å²) in [6.07, 6.45) is -5.33. The summed E-state index contributed by atoms with van der Waals surface area (Å²) in [5, 5.41) is 34.3. The lowest BCUT2D eigenvalue weighted by Gasteiger charge is -2.47. The lowest BCUT2D eigenvalue weighted by molar-refractivity contribution is -0.290. The number of para-hydroxylation sites is 1. The fraction of sp³-hybridized carbons (Fsp3) is 0.281. The lowest BCUT2D eigenvalue weighted by atomic mass is 9.81. The molecule has 1 aliphatic heterocycles. The van der Waals surface area contributed by atoms with Crippen molar-refractivity contribution in [2.45, 2.75) is 44.9 Å². The Morgan fingerprint density at radius 3 is 2.44 bits per heavy atom. The van der Waals surface area contributed by atoms with Crippen LogP contribution < -0.4 is 26.1 Å². The van der Waals surface area contributed by atoms with Crippen molar-refractivity contribution in [1.82, 2.24) is 0 Å². The van der Waals surface area contributed by atoms with Crippen LogP contribution in [-0.2, 0) is 9.47 Å². The SMILES string of the molecule is Cc1c(O[C@@H]2OC(C)(C)[C@H](CO)[C@@H](OC(N)=O)[C@H]2O)ccc2c(O)c(NC(=O)c3cccc(Oc4ccccc4)c3)c(=O)oc12. The fourth-order valence-corrected chi connectivity index (χ4v) is 5.19. The number of carbonyl (C=O) groups is 2. The molecule has 236 valence electrons. The number of ether oxygens (including phenoxy) is 4. The van der Waals surface area contributed by atoms with Gasteiger partial charge < -0.3 is 49.7 Å². The van der Waals surface area contributed by atoms with E-state index < -0.39 is 65.7 Å². The number of nitrogens with two attached hydrogens (primary N) is 1. The maximum Gasteiger partial charge on any atom is 0.404 e. The third-order valence-corrected chi connectivity index (χ3v) is 7.58. The van der Waals surface area contributed by atoms with Crippen LogP contribution in [0.25, 0.3) is 11.0 Å². The van der Waals surface area contributed by atoms with Gasteiger partial charge in [0.2, 0.25) is 6.29 Å². The maximum atomic E-state index is 13.1. The Bertz CT molecular complexity index is 1790.